The standard InChI is InChI=1S/C20H13ClN2O2/c21-16-6-2-4-8-18(16)25-14-11-9-13(10-12-14)19-22-17-7-3-1-5-15(17)20(24)23-19/h1-12H,(H,22,23,24). The van der Waals surface area contributed by atoms with E-state index in [1.54, 1.807) is 18.2 Å². The second kappa shape index (κ2) is 6.42. The van der Waals surface area contributed by atoms with Crippen LogP contribution in [0.25, 0.3) is 22.3 Å². The van der Waals surface area contributed by atoms with Crippen LogP contribution in [0.2, 0.25) is 5.02 Å². The molecule has 5 heteroatoms. The minimum Gasteiger partial charge on any atom is -0.456 e. The van der Waals surface area contributed by atoms with Crippen LogP contribution in [0.4, 0.5) is 0 Å². The third-order valence-electron chi connectivity index (χ3n) is 3.81. The number of aromatic nitrogens is 2. The first-order valence-corrected chi connectivity index (χ1v) is 8.10. The molecule has 0 fully saturated rings. The molecule has 0 amide bonds. The molecule has 1 N–H and O–H groups in total. The minimum atomic E-state index is -0.156. The SMILES string of the molecule is O=c1[nH]c(-c2ccc(Oc3ccccc3Cl)cc2)nc2ccccc12. The fourth-order valence-electron chi connectivity index (χ4n) is 2.56. The average molecular weight is 349 g/mol. The molecule has 0 radical (unpaired) electrons. The number of nitrogens with zero attached hydrogens (tertiary/aromatic N) is 1. The molecule has 0 spiro atoms. The number of rotatable bonds is 3. The summed E-state index contributed by atoms with van der Waals surface area (Å²) >= 11 is 6.10. The number of ether oxygens (including phenoxy) is 1. The molecule has 0 aliphatic carbocycles. The molecule has 4 nitrogen and oxygen atoms in total. The van der Waals surface area contributed by atoms with E-state index >= 15 is 0 Å². The number of nitrogens with one attached hydrogen (secondary N) is 1. The van der Waals surface area contributed by atoms with Gasteiger partial charge in [-0.2, -0.15) is 0 Å². The summed E-state index contributed by atoms with van der Waals surface area (Å²) in [5, 5.41) is 1.12. The smallest absolute Gasteiger partial charge is 0.259 e. The highest BCUT2D eigenvalue weighted by Gasteiger charge is 2.07. The van der Waals surface area contributed by atoms with E-state index in [-0.39, 0.29) is 5.56 Å². The fourth-order valence-corrected chi connectivity index (χ4v) is 2.73. The van der Waals surface area contributed by atoms with Gasteiger partial charge >= 0.3 is 0 Å². The van der Waals surface area contributed by atoms with Gasteiger partial charge in [0, 0.05) is 5.56 Å². The third kappa shape index (κ3) is 3.12. The second-order valence-corrected chi connectivity index (χ2v) is 5.90. The molecule has 0 saturated carbocycles. The number of aromatic amines is 1. The van der Waals surface area contributed by atoms with Crippen molar-refractivity contribution in [3.05, 3.63) is 88.2 Å². The number of fused-ring (bicyclic) bond motifs is 1. The summed E-state index contributed by atoms with van der Waals surface area (Å²) in [4.78, 5) is 19.5. The average Bonchev–Trinajstić information content (AvgIpc) is 2.64. The zero-order valence-corrected chi connectivity index (χ0v) is 13.8. The number of benzene rings is 3. The molecule has 0 atom stereocenters. The van der Waals surface area contributed by atoms with Crippen molar-refractivity contribution in [1.82, 2.24) is 9.97 Å². The highest BCUT2D eigenvalue weighted by molar-refractivity contribution is 6.32. The summed E-state index contributed by atoms with van der Waals surface area (Å²) in [6.45, 7) is 0. The molecule has 0 aliphatic heterocycles. The van der Waals surface area contributed by atoms with Crippen LogP contribution in [0.3, 0.4) is 0 Å². The van der Waals surface area contributed by atoms with Crippen LogP contribution in [0, 0.1) is 0 Å². The molecule has 122 valence electrons. The Morgan fingerprint density at radius 1 is 0.880 bits per heavy atom. The van der Waals surface area contributed by atoms with E-state index < -0.39 is 0 Å². The van der Waals surface area contributed by atoms with Crippen LogP contribution in [-0.4, -0.2) is 9.97 Å². The number of hydrogen-bond acceptors (Lipinski definition) is 3. The van der Waals surface area contributed by atoms with Gasteiger partial charge in [0.15, 0.2) is 0 Å². The zero-order valence-electron chi connectivity index (χ0n) is 13.1. The summed E-state index contributed by atoms with van der Waals surface area (Å²) in [7, 11) is 0. The molecule has 4 aromatic rings. The van der Waals surface area contributed by atoms with Crippen molar-refractivity contribution in [2.24, 2.45) is 0 Å². The predicted octanol–water partition coefficient (Wildman–Crippen LogP) is 5.04. The van der Waals surface area contributed by atoms with Gasteiger partial charge in [-0.3, -0.25) is 4.79 Å². The highest BCUT2D eigenvalue weighted by Crippen LogP contribution is 2.29. The van der Waals surface area contributed by atoms with Crippen LogP contribution in [-0.2, 0) is 0 Å². The number of para-hydroxylation sites is 2. The van der Waals surface area contributed by atoms with Crippen molar-refractivity contribution in [3.63, 3.8) is 0 Å². The quantitative estimate of drug-likeness (QED) is 0.564. The summed E-state index contributed by atoms with van der Waals surface area (Å²) < 4.78 is 5.77. The summed E-state index contributed by atoms with van der Waals surface area (Å²) in [6.07, 6.45) is 0. The second-order valence-electron chi connectivity index (χ2n) is 5.49. The van der Waals surface area contributed by atoms with E-state index in [9.17, 15) is 4.79 Å². The van der Waals surface area contributed by atoms with E-state index in [1.807, 2.05) is 54.6 Å². The van der Waals surface area contributed by atoms with Crippen LogP contribution in [0.15, 0.2) is 77.6 Å². The maximum atomic E-state index is 12.2. The van der Waals surface area contributed by atoms with E-state index in [0.717, 1.165) is 5.56 Å². The Kier molecular flexibility index (Phi) is 3.96. The van der Waals surface area contributed by atoms with Crippen LogP contribution >= 0.6 is 11.6 Å². The van der Waals surface area contributed by atoms with Gasteiger partial charge in [-0.15, -0.1) is 0 Å². The Hall–Kier alpha value is -3.11. The van der Waals surface area contributed by atoms with Crippen molar-refractivity contribution in [2.45, 2.75) is 0 Å². The van der Waals surface area contributed by atoms with Crippen molar-refractivity contribution in [2.75, 3.05) is 0 Å². The monoisotopic (exact) mass is 348 g/mol. The molecule has 0 bridgehead atoms. The molecular formula is C20H13ClN2O2. The highest BCUT2D eigenvalue weighted by atomic mass is 35.5. The first-order chi connectivity index (χ1) is 12.2. The Bertz CT molecular complexity index is 1100. The van der Waals surface area contributed by atoms with Crippen molar-refractivity contribution < 1.29 is 4.74 Å². The molecule has 1 heterocycles. The molecule has 1 aromatic heterocycles. The Morgan fingerprint density at radius 2 is 1.60 bits per heavy atom. The third-order valence-corrected chi connectivity index (χ3v) is 4.12. The summed E-state index contributed by atoms with van der Waals surface area (Å²) in [5.74, 6) is 1.77. The van der Waals surface area contributed by atoms with Gasteiger partial charge in [0.1, 0.15) is 17.3 Å². The van der Waals surface area contributed by atoms with Gasteiger partial charge < -0.3 is 9.72 Å². The normalized spacial score (nSPS) is 10.8. The number of H-pyrrole nitrogens is 1. The van der Waals surface area contributed by atoms with Crippen molar-refractivity contribution in [3.8, 4) is 22.9 Å². The van der Waals surface area contributed by atoms with Crippen molar-refractivity contribution in [1.29, 1.82) is 0 Å². The Labute approximate surface area is 148 Å². The maximum absolute atomic E-state index is 12.2. The van der Waals surface area contributed by atoms with Gasteiger partial charge in [-0.25, -0.2) is 4.98 Å². The topological polar surface area (TPSA) is 55.0 Å². The van der Waals surface area contributed by atoms with Gasteiger partial charge in [0.25, 0.3) is 5.56 Å². The zero-order chi connectivity index (χ0) is 17.2. The number of halogens is 1. The Morgan fingerprint density at radius 3 is 2.40 bits per heavy atom. The minimum absolute atomic E-state index is 0.156. The van der Waals surface area contributed by atoms with Crippen LogP contribution in [0.1, 0.15) is 0 Å². The predicted molar refractivity (Wildman–Crippen MR) is 99.3 cm³/mol. The first kappa shape index (κ1) is 15.4. The molecular weight excluding hydrogens is 336 g/mol. The Balaban J connectivity index is 1.66. The summed E-state index contributed by atoms with van der Waals surface area (Å²) in [6, 6.07) is 21.9. The lowest BCUT2D eigenvalue weighted by atomic mass is 10.2. The van der Waals surface area contributed by atoms with Crippen molar-refractivity contribution >= 4 is 22.5 Å². The molecule has 0 unspecified atom stereocenters. The van der Waals surface area contributed by atoms with E-state index in [0.29, 0.717) is 33.2 Å². The summed E-state index contributed by atoms with van der Waals surface area (Å²) in [5.41, 5.74) is 1.31. The molecule has 25 heavy (non-hydrogen) atoms. The fraction of sp³-hybridized carbons (Fsp3) is 0. The maximum Gasteiger partial charge on any atom is 0.259 e. The van der Waals surface area contributed by atoms with E-state index in [2.05, 4.69) is 9.97 Å². The van der Waals surface area contributed by atoms with Gasteiger partial charge in [-0.1, -0.05) is 35.9 Å². The van der Waals surface area contributed by atoms with E-state index in [4.69, 9.17) is 16.3 Å². The molecule has 3 aromatic carbocycles. The van der Waals surface area contributed by atoms with Gasteiger partial charge in [0.05, 0.1) is 15.9 Å². The molecule has 0 saturated heterocycles. The van der Waals surface area contributed by atoms with Gasteiger partial charge in [0.2, 0.25) is 0 Å². The lowest BCUT2D eigenvalue weighted by Crippen LogP contribution is -2.09. The lowest BCUT2D eigenvalue weighted by molar-refractivity contribution is 0.483. The largest absolute Gasteiger partial charge is 0.456 e. The lowest BCUT2D eigenvalue weighted by Gasteiger charge is -2.08. The van der Waals surface area contributed by atoms with Crippen LogP contribution in [0.5, 0.6) is 11.5 Å². The first-order valence-electron chi connectivity index (χ1n) is 7.72. The van der Waals surface area contributed by atoms with Crippen LogP contribution < -0.4 is 10.3 Å². The van der Waals surface area contributed by atoms with E-state index in [1.165, 1.54) is 0 Å². The molecule has 4 rings (SSSR count). The molecule has 0 aliphatic rings. The number of hydrogen-bond donors (Lipinski definition) is 1. The van der Waals surface area contributed by atoms with Gasteiger partial charge in [-0.05, 0) is 48.5 Å².